The Balaban J connectivity index is 1.14. The summed E-state index contributed by atoms with van der Waals surface area (Å²) in [5, 5.41) is 8.60. The third-order valence-corrected chi connectivity index (χ3v) is 9.34. The van der Waals surface area contributed by atoms with Crippen LogP contribution < -0.4 is 16.0 Å². The molecule has 0 saturated carbocycles. The van der Waals surface area contributed by atoms with Crippen molar-refractivity contribution in [2.45, 2.75) is 41.5 Å². The van der Waals surface area contributed by atoms with Crippen LogP contribution in [0.2, 0.25) is 0 Å². The summed E-state index contributed by atoms with van der Waals surface area (Å²) in [6, 6.07) is 33.8. The fourth-order valence-electron chi connectivity index (χ4n) is 6.91. The van der Waals surface area contributed by atoms with E-state index in [4.69, 9.17) is 0 Å². The zero-order valence-corrected chi connectivity index (χ0v) is 32.7. The van der Waals surface area contributed by atoms with Crippen molar-refractivity contribution in [2.75, 3.05) is 16.0 Å². The second-order valence-electron chi connectivity index (χ2n) is 14.6. The van der Waals surface area contributed by atoms with Gasteiger partial charge < -0.3 is 16.0 Å². The highest BCUT2D eigenvalue weighted by Crippen LogP contribution is 2.25. The number of benzene rings is 4. The van der Waals surface area contributed by atoms with Gasteiger partial charge in [-0.15, -0.1) is 0 Å². The topological polar surface area (TPSA) is 126 Å². The van der Waals surface area contributed by atoms with Gasteiger partial charge in [0.15, 0.2) is 0 Å². The molecule has 0 radical (unpaired) electrons. The average Bonchev–Trinajstić information content (AvgIpc) is 3.17. The van der Waals surface area contributed by atoms with E-state index < -0.39 is 17.7 Å². The molecular formula is C48H42N6O3. The first-order valence-electron chi connectivity index (χ1n) is 18.6. The minimum atomic E-state index is -0.515. The predicted molar refractivity (Wildman–Crippen MR) is 228 cm³/mol. The summed E-state index contributed by atoms with van der Waals surface area (Å²) < 4.78 is 0. The molecule has 0 bridgehead atoms. The number of hydrogen-bond donors (Lipinski definition) is 3. The maximum Gasteiger partial charge on any atom is 0.255 e. The summed E-state index contributed by atoms with van der Waals surface area (Å²) in [4.78, 5) is 55.0. The van der Waals surface area contributed by atoms with E-state index in [1.54, 1.807) is 36.8 Å². The number of nitrogens with zero attached hydrogens (tertiary/aromatic N) is 3. The number of pyridine rings is 3. The minimum absolute atomic E-state index is 0.109. The highest BCUT2D eigenvalue weighted by atomic mass is 16.2. The molecule has 0 atom stereocenters. The maximum absolute atomic E-state index is 13.7. The smallest absolute Gasteiger partial charge is 0.255 e. The van der Waals surface area contributed by atoms with Crippen LogP contribution >= 0.6 is 0 Å². The second kappa shape index (κ2) is 16.2. The van der Waals surface area contributed by atoms with Crippen LogP contribution in [0.5, 0.6) is 0 Å². The van der Waals surface area contributed by atoms with Gasteiger partial charge >= 0.3 is 0 Å². The fraction of sp³-hybridized carbons (Fsp3) is 0.125. The van der Waals surface area contributed by atoms with Gasteiger partial charge in [0.25, 0.3) is 17.7 Å². The summed E-state index contributed by atoms with van der Waals surface area (Å²) in [6.45, 7) is 12.2. The number of amides is 3. The summed E-state index contributed by atoms with van der Waals surface area (Å²) in [7, 11) is 0. The van der Waals surface area contributed by atoms with E-state index in [0.29, 0.717) is 17.1 Å². The number of aromatic nitrogens is 3. The van der Waals surface area contributed by atoms with Crippen molar-refractivity contribution in [2.24, 2.45) is 0 Å². The Labute approximate surface area is 332 Å². The third-order valence-electron chi connectivity index (χ3n) is 9.34. The molecule has 0 aliphatic rings. The van der Waals surface area contributed by atoms with E-state index in [1.165, 1.54) is 18.2 Å². The highest BCUT2D eigenvalue weighted by molar-refractivity contribution is 6.13. The Morgan fingerprint density at radius 1 is 0.351 bits per heavy atom. The summed E-state index contributed by atoms with van der Waals surface area (Å²) in [6.07, 6.45) is 4.75. The van der Waals surface area contributed by atoms with Gasteiger partial charge in [0, 0.05) is 33.4 Å². The molecular weight excluding hydrogens is 709 g/mol. The zero-order chi connectivity index (χ0) is 40.2. The van der Waals surface area contributed by atoms with E-state index in [-0.39, 0.29) is 16.7 Å². The van der Waals surface area contributed by atoms with Gasteiger partial charge in [0.05, 0.1) is 52.7 Å². The molecule has 0 spiro atoms. The second-order valence-corrected chi connectivity index (χ2v) is 14.6. The van der Waals surface area contributed by atoms with Crippen LogP contribution in [0.25, 0.3) is 33.8 Å². The molecule has 9 heteroatoms. The largest absolute Gasteiger partial charge is 0.321 e. The van der Waals surface area contributed by atoms with Gasteiger partial charge in [0.2, 0.25) is 0 Å². The monoisotopic (exact) mass is 750 g/mol. The van der Waals surface area contributed by atoms with E-state index >= 15 is 0 Å². The first-order valence-corrected chi connectivity index (χ1v) is 18.6. The average molecular weight is 751 g/mol. The van der Waals surface area contributed by atoms with E-state index in [1.807, 2.05) is 59.7 Å². The van der Waals surface area contributed by atoms with Crippen molar-refractivity contribution in [3.63, 3.8) is 0 Å². The Bertz CT molecular complexity index is 2290. The van der Waals surface area contributed by atoms with E-state index in [0.717, 1.165) is 67.2 Å². The fourth-order valence-corrected chi connectivity index (χ4v) is 6.91. The number of aryl methyl sites for hydroxylation is 6. The number of nitrogens with one attached hydrogen (secondary N) is 3. The van der Waals surface area contributed by atoms with E-state index in [2.05, 4.69) is 85.5 Å². The number of carbonyl (C=O) groups excluding carboxylic acids is 3. The Morgan fingerprint density at radius 3 is 0.807 bits per heavy atom. The molecule has 0 aliphatic carbocycles. The summed E-state index contributed by atoms with van der Waals surface area (Å²) in [5.41, 5.74) is 13.7. The lowest BCUT2D eigenvalue weighted by atomic mass is 10.0. The molecule has 0 fully saturated rings. The SMILES string of the molecule is Cc1cc(C)cc(-c2ccc(NC(=O)c3cc(C(=O)Nc4ccc(-c5cc(C)cc(C)c5)nc4)cc(C(=O)Nc4ccc(-c5cc(C)cc(C)c5)nc4)c3)cn2)c1. The van der Waals surface area contributed by atoms with Crippen LogP contribution in [0.1, 0.15) is 64.5 Å². The normalized spacial score (nSPS) is 10.8. The van der Waals surface area contributed by atoms with Crippen molar-refractivity contribution in [1.82, 2.24) is 15.0 Å². The molecule has 7 rings (SSSR count). The van der Waals surface area contributed by atoms with Crippen LogP contribution in [0.4, 0.5) is 17.1 Å². The highest BCUT2D eigenvalue weighted by Gasteiger charge is 2.18. The Hall–Kier alpha value is -7.26. The molecule has 57 heavy (non-hydrogen) atoms. The Morgan fingerprint density at radius 2 is 0.596 bits per heavy atom. The van der Waals surface area contributed by atoms with Crippen molar-refractivity contribution in [3.05, 3.63) is 178 Å². The van der Waals surface area contributed by atoms with Gasteiger partial charge in [-0.1, -0.05) is 51.6 Å². The third kappa shape index (κ3) is 9.35. The van der Waals surface area contributed by atoms with Crippen molar-refractivity contribution in [3.8, 4) is 33.8 Å². The van der Waals surface area contributed by atoms with Crippen molar-refractivity contribution >= 4 is 34.8 Å². The molecule has 282 valence electrons. The number of hydrogen-bond acceptors (Lipinski definition) is 6. The first-order chi connectivity index (χ1) is 27.3. The quantitative estimate of drug-likeness (QED) is 0.135. The zero-order valence-electron chi connectivity index (χ0n) is 32.7. The summed E-state index contributed by atoms with van der Waals surface area (Å²) >= 11 is 0. The Kier molecular flexibility index (Phi) is 10.8. The van der Waals surface area contributed by atoms with Crippen LogP contribution in [-0.2, 0) is 0 Å². The number of rotatable bonds is 9. The molecule has 7 aromatic rings. The molecule has 3 amide bonds. The molecule has 3 N–H and O–H groups in total. The molecule has 4 aromatic carbocycles. The van der Waals surface area contributed by atoms with E-state index in [9.17, 15) is 14.4 Å². The molecule has 9 nitrogen and oxygen atoms in total. The number of anilines is 3. The maximum atomic E-state index is 13.7. The van der Waals surface area contributed by atoms with Gasteiger partial charge in [-0.2, -0.15) is 0 Å². The lowest BCUT2D eigenvalue weighted by Crippen LogP contribution is -2.19. The van der Waals surface area contributed by atoms with Crippen LogP contribution in [0.3, 0.4) is 0 Å². The molecule has 0 unspecified atom stereocenters. The van der Waals surface area contributed by atoms with Gasteiger partial charge in [-0.3, -0.25) is 29.3 Å². The molecule has 3 aromatic heterocycles. The predicted octanol–water partition coefficient (Wildman–Crippen LogP) is 10.5. The molecule has 0 aliphatic heterocycles. The van der Waals surface area contributed by atoms with Crippen molar-refractivity contribution in [1.29, 1.82) is 0 Å². The molecule has 3 heterocycles. The minimum Gasteiger partial charge on any atom is -0.321 e. The summed E-state index contributed by atoms with van der Waals surface area (Å²) in [5.74, 6) is -1.55. The van der Waals surface area contributed by atoms with Crippen LogP contribution in [-0.4, -0.2) is 32.7 Å². The van der Waals surface area contributed by atoms with Crippen LogP contribution in [0, 0.1) is 41.5 Å². The van der Waals surface area contributed by atoms with Gasteiger partial charge in [-0.05, 0) is 133 Å². The van der Waals surface area contributed by atoms with Gasteiger partial charge in [-0.25, -0.2) is 0 Å². The number of carbonyl (C=O) groups is 3. The molecule has 0 saturated heterocycles. The van der Waals surface area contributed by atoms with Crippen LogP contribution in [0.15, 0.2) is 128 Å². The standard InChI is InChI=1S/C48H42N6O3/c1-28-13-29(2)17-34(16-28)43-10-7-40(25-49-43)52-46(55)37-22-38(47(56)53-41-8-11-44(50-26-41)35-18-30(3)14-31(4)19-35)24-39(23-37)48(57)54-42-9-12-45(51-27-42)36-20-32(5)15-33(6)21-36/h7-27H,1-6H3,(H,52,55)(H,53,56)(H,54,57). The van der Waals surface area contributed by atoms with Gasteiger partial charge in [0.1, 0.15) is 0 Å². The lowest BCUT2D eigenvalue weighted by Gasteiger charge is -2.12. The first kappa shape index (κ1) is 38.0. The van der Waals surface area contributed by atoms with Crippen molar-refractivity contribution < 1.29 is 14.4 Å². The lowest BCUT2D eigenvalue weighted by molar-refractivity contribution is 0.102.